The monoisotopic (exact) mass is 291 g/mol. The zero-order valence-electron chi connectivity index (χ0n) is 11.4. The molecular weight excluding hydrogens is 277 g/mol. The Morgan fingerprint density at radius 2 is 2.24 bits per heavy atom. The molecule has 0 unspecified atom stereocenters. The third-order valence-electron chi connectivity index (χ3n) is 2.75. The third kappa shape index (κ3) is 3.73. The predicted molar refractivity (Wildman–Crippen MR) is 74.7 cm³/mol. The van der Waals surface area contributed by atoms with Gasteiger partial charge in [0, 0.05) is 30.4 Å². The molecule has 21 heavy (non-hydrogen) atoms. The molecule has 2 aromatic rings. The number of pyridine rings is 1. The lowest BCUT2D eigenvalue weighted by Crippen LogP contribution is -2.12. The van der Waals surface area contributed by atoms with Crippen molar-refractivity contribution in [1.29, 1.82) is 0 Å². The second-order valence-corrected chi connectivity index (χ2v) is 4.22. The van der Waals surface area contributed by atoms with Gasteiger partial charge in [-0.15, -0.1) is 0 Å². The molecule has 0 saturated carbocycles. The fourth-order valence-corrected chi connectivity index (χ4v) is 1.72. The molecule has 110 valence electrons. The second kappa shape index (κ2) is 6.76. The van der Waals surface area contributed by atoms with Crippen LogP contribution in [0.15, 0.2) is 36.5 Å². The van der Waals surface area contributed by atoms with E-state index in [-0.39, 0.29) is 5.75 Å². The molecule has 1 aromatic heterocycles. The molecule has 7 heteroatoms. The van der Waals surface area contributed by atoms with Crippen molar-refractivity contribution in [3.8, 4) is 11.6 Å². The fraction of sp³-hybridized carbons (Fsp3) is 0.214. The molecule has 0 aliphatic carbocycles. The minimum absolute atomic E-state index is 0.162. The Labute approximate surface area is 120 Å². The summed E-state index contributed by atoms with van der Waals surface area (Å²) < 4.78 is 19.1. The first-order valence-corrected chi connectivity index (χ1v) is 6.38. The van der Waals surface area contributed by atoms with Gasteiger partial charge in [-0.1, -0.05) is 13.0 Å². The lowest BCUT2D eigenvalue weighted by Gasteiger charge is -2.10. The van der Waals surface area contributed by atoms with E-state index in [0.29, 0.717) is 12.4 Å². The zero-order valence-corrected chi connectivity index (χ0v) is 11.4. The molecule has 2 rings (SSSR count). The molecule has 0 fully saturated rings. The first-order chi connectivity index (χ1) is 10.1. The van der Waals surface area contributed by atoms with Crippen LogP contribution in [0.4, 0.5) is 10.1 Å². The molecule has 0 aliphatic heterocycles. The number of nitrogens with one attached hydrogen (secondary N) is 1. The van der Waals surface area contributed by atoms with Crippen LogP contribution in [0.25, 0.3) is 0 Å². The van der Waals surface area contributed by atoms with Crippen LogP contribution in [0.1, 0.15) is 12.5 Å². The molecule has 1 heterocycles. The van der Waals surface area contributed by atoms with Crippen molar-refractivity contribution in [1.82, 2.24) is 10.3 Å². The van der Waals surface area contributed by atoms with Gasteiger partial charge in [0.1, 0.15) is 5.75 Å². The Morgan fingerprint density at radius 1 is 1.43 bits per heavy atom. The van der Waals surface area contributed by atoms with Crippen LogP contribution < -0.4 is 10.1 Å². The van der Waals surface area contributed by atoms with Gasteiger partial charge in [0.2, 0.25) is 11.7 Å². The van der Waals surface area contributed by atoms with E-state index in [4.69, 9.17) is 4.74 Å². The molecule has 0 aliphatic rings. The maximum Gasteiger partial charge on any atom is 0.305 e. The van der Waals surface area contributed by atoms with Crippen molar-refractivity contribution in [3.63, 3.8) is 0 Å². The van der Waals surface area contributed by atoms with E-state index in [9.17, 15) is 14.5 Å². The largest absolute Gasteiger partial charge is 0.439 e. The highest BCUT2D eigenvalue weighted by Gasteiger charge is 2.15. The van der Waals surface area contributed by atoms with Crippen molar-refractivity contribution in [2.75, 3.05) is 6.54 Å². The van der Waals surface area contributed by atoms with Gasteiger partial charge in [0.15, 0.2) is 0 Å². The standard InChI is InChI=1S/C14H14FN3O3/c1-2-16-9-10-4-3-7-17-14(10)21-11-5-6-13(18(19)20)12(15)8-11/h3-8,16H,2,9H2,1H3. The summed E-state index contributed by atoms with van der Waals surface area (Å²) >= 11 is 0. The van der Waals surface area contributed by atoms with Crippen LogP contribution in [0.5, 0.6) is 11.6 Å². The Kier molecular flexibility index (Phi) is 4.78. The van der Waals surface area contributed by atoms with Gasteiger partial charge in [0.05, 0.1) is 4.92 Å². The van der Waals surface area contributed by atoms with E-state index in [2.05, 4.69) is 10.3 Å². The first kappa shape index (κ1) is 14.9. The summed E-state index contributed by atoms with van der Waals surface area (Å²) in [5, 5.41) is 13.7. The van der Waals surface area contributed by atoms with Gasteiger partial charge in [-0.05, 0) is 18.7 Å². The van der Waals surface area contributed by atoms with Crippen molar-refractivity contribution < 1.29 is 14.1 Å². The molecule has 0 saturated heterocycles. The number of hydrogen-bond donors (Lipinski definition) is 1. The van der Waals surface area contributed by atoms with Crippen molar-refractivity contribution >= 4 is 5.69 Å². The number of nitro groups is 1. The van der Waals surface area contributed by atoms with Gasteiger partial charge < -0.3 is 10.1 Å². The molecule has 0 spiro atoms. The zero-order chi connectivity index (χ0) is 15.2. The van der Waals surface area contributed by atoms with Gasteiger partial charge in [-0.2, -0.15) is 4.39 Å². The molecule has 0 bridgehead atoms. The van der Waals surface area contributed by atoms with Crippen LogP contribution in [0.3, 0.4) is 0 Å². The van der Waals surface area contributed by atoms with E-state index in [0.717, 1.165) is 24.2 Å². The lowest BCUT2D eigenvalue weighted by atomic mass is 10.2. The number of ether oxygens (including phenoxy) is 1. The van der Waals surface area contributed by atoms with Crippen LogP contribution in [0.2, 0.25) is 0 Å². The second-order valence-electron chi connectivity index (χ2n) is 4.22. The maximum absolute atomic E-state index is 13.6. The Morgan fingerprint density at radius 3 is 2.90 bits per heavy atom. The van der Waals surface area contributed by atoms with E-state index >= 15 is 0 Å². The van der Waals surface area contributed by atoms with Gasteiger partial charge >= 0.3 is 5.69 Å². The Balaban J connectivity index is 2.22. The summed E-state index contributed by atoms with van der Waals surface area (Å²) in [6.45, 7) is 3.33. The maximum atomic E-state index is 13.6. The van der Waals surface area contributed by atoms with Crippen LogP contribution in [-0.2, 0) is 6.54 Å². The summed E-state index contributed by atoms with van der Waals surface area (Å²) in [5.74, 6) is -0.442. The number of nitro benzene ring substituents is 1. The molecule has 1 N–H and O–H groups in total. The van der Waals surface area contributed by atoms with E-state index in [1.165, 1.54) is 6.07 Å². The fourth-order valence-electron chi connectivity index (χ4n) is 1.72. The molecule has 1 aromatic carbocycles. The van der Waals surface area contributed by atoms with Crippen molar-refractivity contribution in [3.05, 3.63) is 58.0 Å². The summed E-state index contributed by atoms with van der Waals surface area (Å²) in [6.07, 6.45) is 1.56. The van der Waals surface area contributed by atoms with E-state index in [1.54, 1.807) is 12.3 Å². The molecule has 0 amide bonds. The number of nitrogens with zero attached hydrogens (tertiary/aromatic N) is 2. The number of benzene rings is 1. The molecule has 0 radical (unpaired) electrons. The number of hydrogen-bond acceptors (Lipinski definition) is 5. The topological polar surface area (TPSA) is 77.3 Å². The van der Waals surface area contributed by atoms with E-state index < -0.39 is 16.4 Å². The van der Waals surface area contributed by atoms with Crippen LogP contribution in [-0.4, -0.2) is 16.5 Å². The molecule has 6 nitrogen and oxygen atoms in total. The number of rotatable bonds is 6. The third-order valence-corrected chi connectivity index (χ3v) is 2.75. The highest BCUT2D eigenvalue weighted by atomic mass is 19.1. The minimum Gasteiger partial charge on any atom is -0.439 e. The lowest BCUT2D eigenvalue weighted by molar-refractivity contribution is -0.387. The quantitative estimate of drug-likeness (QED) is 0.654. The summed E-state index contributed by atoms with van der Waals surface area (Å²) in [4.78, 5) is 13.9. The van der Waals surface area contributed by atoms with Crippen LogP contribution >= 0.6 is 0 Å². The predicted octanol–water partition coefficient (Wildman–Crippen LogP) is 3.03. The summed E-state index contributed by atoms with van der Waals surface area (Å²) in [5.41, 5.74) is 0.231. The van der Waals surface area contributed by atoms with E-state index in [1.807, 2.05) is 13.0 Å². The highest BCUT2D eigenvalue weighted by molar-refractivity contribution is 5.40. The summed E-state index contributed by atoms with van der Waals surface area (Å²) in [6, 6.07) is 7.00. The SMILES string of the molecule is CCNCc1cccnc1Oc1ccc([N+](=O)[O-])c(F)c1. The van der Waals surface area contributed by atoms with Gasteiger partial charge in [0.25, 0.3) is 0 Å². The minimum atomic E-state index is -0.943. The normalized spacial score (nSPS) is 10.4. The van der Waals surface area contributed by atoms with Crippen molar-refractivity contribution in [2.24, 2.45) is 0 Å². The molecule has 0 atom stereocenters. The van der Waals surface area contributed by atoms with Crippen molar-refractivity contribution in [2.45, 2.75) is 13.5 Å². The van der Waals surface area contributed by atoms with Gasteiger partial charge in [-0.25, -0.2) is 4.98 Å². The van der Waals surface area contributed by atoms with Crippen LogP contribution in [0, 0.1) is 15.9 Å². The van der Waals surface area contributed by atoms with Gasteiger partial charge in [-0.3, -0.25) is 10.1 Å². The molecular formula is C14H14FN3O3. The number of halogens is 1. The highest BCUT2D eigenvalue weighted by Crippen LogP contribution is 2.27. The first-order valence-electron chi connectivity index (χ1n) is 6.38. The summed E-state index contributed by atoms with van der Waals surface area (Å²) in [7, 11) is 0. The Bertz CT molecular complexity index is 649. The smallest absolute Gasteiger partial charge is 0.305 e. The Hall–Kier alpha value is -2.54. The average molecular weight is 291 g/mol. The average Bonchev–Trinajstić information content (AvgIpc) is 2.46. The number of aromatic nitrogens is 1.